The summed E-state index contributed by atoms with van der Waals surface area (Å²) in [6, 6.07) is 9.47. The van der Waals surface area contributed by atoms with Crippen molar-refractivity contribution in [1.82, 2.24) is 14.4 Å². The summed E-state index contributed by atoms with van der Waals surface area (Å²) in [7, 11) is -2.38. The predicted molar refractivity (Wildman–Crippen MR) is 94.3 cm³/mol. The smallest absolute Gasteiger partial charge is 0.269 e. The maximum atomic E-state index is 12.9. The molecule has 0 unspecified atom stereocenters. The number of amides is 1. The summed E-state index contributed by atoms with van der Waals surface area (Å²) in [6.45, 7) is 0. The molecule has 3 aromatic rings. The average molecular weight is 373 g/mol. The topological polar surface area (TPSA) is 111 Å². The van der Waals surface area contributed by atoms with E-state index in [1.165, 1.54) is 43.2 Å². The lowest BCUT2D eigenvalue weighted by Gasteiger charge is -2.08. The summed E-state index contributed by atoms with van der Waals surface area (Å²) >= 11 is 0. The van der Waals surface area contributed by atoms with Crippen molar-refractivity contribution in [3.05, 3.63) is 60.4 Å². The number of carbonyl (C=O) groups is 1. The van der Waals surface area contributed by atoms with Gasteiger partial charge >= 0.3 is 0 Å². The fourth-order valence-electron chi connectivity index (χ4n) is 2.39. The summed E-state index contributed by atoms with van der Waals surface area (Å²) in [5, 5.41) is 9.06. The van der Waals surface area contributed by atoms with Crippen LogP contribution in [0.4, 0.5) is 0 Å². The number of ether oxygens (including phenoxy) is 1. The molecule has 0 aliphatic carbocycles. The molecular formula is C17H15N3O5S. The van der Waals surface area contributed by atoms with E-state index in [1.54, 1.807) is 24.3 Å². The van der Waals surface area contributed by atoms with Crippen molar-refractivity contribution in [2.45, 2.75) is 4.90 Å². The van der Waals surface area contributed by atoms with E-state index in [-0.39, 0.29) is 10.5 Å². The minimum atomic E-state index is -3.84. The number of hydroxylamine groups is 1. The molecule has 0 atom stereocenters. The summed E-state index contributed by atoms with van der Waals surface area (Å²) < 4.78 is 31.9. The zero-order chi connectivity index (χ0) is 18.7. The lowest BCUT2D eigenvalue weighted by molar-refractivity contribution is -0.124. The number of hydrogen-bond acceptors (Lipinski definition) is 6. The molecule has 8 nitrogen and oxygen atoms in total. The van der Waals surface area contributed by atoms with Gasteiger partial charge in [-0.3, -0.25) is 10.0 Å². The Hall–Kier alpha value is -3.17. The van der Waals surface area contributed by atoms with Gasteiger partial charge in [0.05, 0.1) is 12.0 Å². The molecule has 0 fully saturated rings. The SMILES string of the molecule is COc1cccc(S(=O)(=O)n2ccc3cc(C=CC(=O)NO)cnc32)c1. The molecule has 1 aromatic carbocycles. The van der Waals surface area contributed by atoms with Crippen molar-refractivity contribution >= 4 is 33.0 Å². The van der Waals surface area contributed by atoms with Crippen LogP contribution in [0.25, 0.3) is 17.1 Å². The van der Waals surface area contributed by atoms with Crippen molar-refractivity contribution in [2.24, 2.45) is 0 Å². The summed E-state index contributed by atoms with van der Waals surface area (Å²) in [6.07, 6.45) is 5.43. The Morgan fingerprint density at radius 3 is 2.85 bits per heavy atom. The first-order valence-corrected chi connectivity index (χ1v) is 8.88. The van der Waals surface area contributed by atoms with Crippen LogP contribution in [-0.2, 0) is 14.8 Å². The van der Waals surface area contributed by atoms with Gasteiger partial charge in [-0.1, -0.05) is 6.07 Å². The van der Waals surface area contributed by atoms with Gasteiger partial charge < -0.3 is 4.74 Å². The van der Waals surface area contributed by atoms with Crippen LogP contribution in [0.15, 0.2) is 59.8 Å². The highest BCUT2D eigenvalue weighted by Gasteiger charge is 2.20. The molecule has 0 radical (unpaired) electrons. The van der Waals surface area contributed by atoms with E-state index < -0.39 is 15.9 Å². The zero-order valence-corrected chi connectivity index (χ0v) is 14.5. The van der Waals surface area contributed by atoms with E-state index in [4.69, 9.17) is 9.94 Å². The first kappa shape index (κ1) is 17.6. The second kappa shape index (κ2) is 6.98. The molecule has 0 saturated carbocycles. The van der Waals surface area contributed by atoms with Crippen LogP contribution in [0.1, 0.15) is 5.56 Å². The lowest BCUT2D eigenvalue weighted by atomic mass is 10.2. The molecule has 3 rings (SSSR count). The van der Waals surface area contributed by atoms with E-state index in [1.807, 2.05) is 0 Å². The highest BCUT2D eigenvalue weighted by molar-refractivity contribution is 7.90. The third-order valence-electron chi connectivity index (χ3n) is 3.65. The molecule has 2 N–H and O–H groups in total. The standard InChI is InChI=1S/C17H15N3O5S/c1-25-14-3-2-4-15(10-14)26(23,24)20-8-7-13-9-12(11-18-17(13)20)5-6-16(21)19-22/h2-11,22H,1H3,(H,19,21). The number of benzene rings is 1. The number of methoxy groups -OCH3 is 1. The molecule has 134 valence electrons. The van der Waals surface area contributed by atoms with E-state index in [0.717, 1.165) is 10.0 Å². The van der Waals surface area contributed by atoms with Crippen molar-refractivity contribution in [1.29, 1.82) is 0 Å². The number of fused-ring (bicyclic) bond motifs is 1. The van der Waals surface area contributed by atoms with E-state index >= 15 is 0 Å². The fraction of sp³-hybridized carbons (Fsp3) is 0.0588. The zero-order valence-electron chi connectivity index (χ0n) is 13.7. The van der Waals surface area contributed by atoms with Gasteiger partial charge in [0.1, 0.15) is 5.75 Å². The second-order valence-electron chi connectivity index (χ2n) is 5.29. The molecule has 0 aliphatic heterocycles. The monoisotopic (exact) mass is 373 g/mol. The third kappa shape index (κ3) is 3.30. The van der Waals surface area contributed by atoms with E-state index in [2.05, 4.69) is 4.98 Å². The number of aromatic nitrogens is 2. The molecule has 0 aliphatic rings. The summed E-state index contributed by atoms with van der Waals surface area (Å²) in [5.74, 6) is -0.242. The van der Waals surface area contributed by atoms with Gasteiger partial charge in [0.25, 0.3) is 15.9 Å². The third-order valence-corrected chi connectivity index (χ3v) is 5.31. The Bertz CT molecular complexity index is 1100. The maximum Gasteiger partial charge on any atom is 0.269 e. The Morgan fingerprint density at radius 2 is 2.12 bits per heavy atom. The first-order valence-electron chi connectivity index (χ1n) is 7.44. The Morgan fingerprint density at radius 1 is 1.31 bits per heavy atom. The van der Waals surface area contributed by atoms with Gasteiger partial charge in [0.15, 0.2) is 5.65 Å². The highest BCUT2D eigenvalue weighted by Crippen LogP contribution is 2.24. The molecule has 0 saturated heterocycles. The molecule has 2 aromatic heterocycles. The summed E-state index contributed by atoms with van der Waals surface area (Å²) in [5.41, 5.74) is 2.33. The van der Waals surface area contributed by atoms with Gasteiger partial charge in [-0.2, -0.15) is 0 Å². The molecule has 9 heteroatoms. The van der Waals surface area contributed by atoms with Gasteiger partial charge in [-0.05, 0) is 35.9 Å². The molecule has 0 bridgehead atoms. The van der Waals surface area contributed by atoms with Crippen molar-refractivity contribution < 1.29 is 23.2 Å². The second-order valence-corrected chi connectivity index (χ2v) is 7.10. The minimum absolute atomic E-state index is 0.0831. The first-order chi connectivity index (χ1) is 12.5. The van der Waals surface area contributed by atoms with Crippen molar-refractivity contribution in [3.63, 3.8) is 0 Å². The fourth-order valence-corrected chi connectivity index (χ4v) is 3.73. The van der Waals surface area contributed by atoms with Crippen LogP contribution in [0.2, 0.25) is 0 Å². The Balaban J connectivity index is 2.03. The molecule has 1 amide bonds. The van der Waals surface area contributed by atoms with Crippen LogP contribution in [0.5, 0.6) is 5.75 Å². The Kier molecular flexibility index (Phi) is 4.74. The molecular weight excluding hydrogens is 358 g/mol. The van der Waals surface area contributed by atoms with Crippen LogP contribution in [-0.4, -0.2) is 35.6 Å². The van der Waals surface area contributed by atoms with Crippen LogP contribution >= 0.6 is 0 Å². The normalized spacial score (nSPS) is 11.8. The van der Waals surface area contributed by atoms with Crippen LogP contribution in [0, 0.1) is 0 Å². The van der Waals surface area contributed by atoms with Gasteiger partial charge in [-0.15, -0.1) is 0 Å². The quantitative estimate of drug-likeness (QED) is 0.401. The predicted octanol–water partition coefficient (Wildman–Crippen LogP) is 1.80. The number of rotatable bonds is 5. The Labute approximate surface area is 149 Å². The average Bonchev–Trinajstić information content (AvgIpc) is 3.10. The molecule has 0 spiro atoms. The molecule has 2 heterocycles. The van der Waals surface area contributed by atoms with Gasteiger partial charge in [0, 0.05) is 29.9 Å². The van der Waals surface area contributed by atoms with Crippen LogP contribution in [0.3, 0.4) is 0 Å². The summed E-state index contributed by atoms with van der Waals surface area (Å²) in [4.78, 5) is 15.3. The number of pyridine rings is 1. The number of hydrogen-bond donors (Lipinski definition) is 2. The molecule has 26 heavy (non-hydrogen) atoms. The lowest BCUT2D eigenvalue weighted by Crippen LogP contribution is -2.14. The largest absolute Gasteiger partial charge is 0.497 e. The number of nitrogens with one attached hydrogen (secondary N) is 1. The van der Waals surface area contributed by atoms with Crippen LogP contribution < -0.4 is 10.2 Å². The number of nitrogens with zero attached hydrogens (tertiary/aromatic N) is 2. The maximum absolute atomic E-state index is 12.9. The van der Waals surface area contributed by atoms with Gasteiger partial charge in [-0.25, -0.2) is 22.9 Å². The highest BCUT2D eigenvalue weighted by atomic mass is 32.2. The van der Waals surface area contributed by atoms with Crippen molar-refractivity contribution in [3.8, 4) is 5.75 Å². The number of carbonyl (C=O) groups excluding carboxylic acids is 1. The minimum Gasteiger partial charge on any atom is -0.497 e. The van der Waals surface area contributed by atoms with E-state index in [9.17, 15) is 13.2 Å². The van der Waals surface area contributed by atoms with E-state index in [0.29, 0.717) is 16.7 Å². The van der Waals surface area contributed by atoms with Gasteiger partial charge in [0.2, 0.25) is 0 Å². The van der Waals surface area contributed by atoms with Crippen molar-refractivity contribution in [2.75, 3.05) is 7.11 Å².